The molecular weight excluding hydrogens is 380 g/mol. The summed E-state index contributed by atoms with van der Waals surface area (Å²) in [4.78, 5) is 17.3. The number of carbonyl (C=O) groups excluding carboxylic acids is 1. The van der Waals surface area contributed by atoms with E-state index in [0.717, 1.165) is 49.7 Å². The van der Waals surface area contributed by atoms with Crippen LogP contribution in [0.4, 0.5) is 5.69 Å². The maximum absolute atomic E-state index is 13.0. The smallest absolute Gasteiger partial charge is 0.241 e. The topological polar surface area (TPSA) is 66.1 Å². The quantitative estimate of drug-likeness (QED) is 0.762. The molecule has 2 aromatic rings. The summed E-state index contributed by atoms with van der Waals surface area (Å²) < 4.78 is 10.7. The minimum Gasteiger partial charge on any atom is -0.497 e. The van der Waals surface area contributed by atoms with Gasteiger partial charge in [0.2, 0.25) is 5.91 Å². The van der Waals surface area contributed by atoms with Gasteiger partial charge in [0.1, 0.15) is 17.5 Å². The Morgan fingerprint density at radius 1 is 0.967 bits per heavy atom. The molecule has 2 saturated heterocycles. The number of anilines is 1. The largest absolute Gasteiger partial charge is 0.497 e. The molecule has 2 atom stereocenters. The molecule has 2 heterocycles. The van der Waals surface area contributed by atoms with Crippen LogP contribution >= 0.6 is 0 Å². The molecule has 0 aromatic heterocycles. The van der Waals surface area contributed by atoms with Gasteiger partial charge in [-0.2, -0.15) is 0 Å². The number of methoxy groups -OCH3 is 1. The van der Waals surface area contributed by atoms with Gasteiger partial charge in [-0.25, -0.2) is 10.9 Å². The normalized spacial score (nSPS) is 21.5. The molecular formula is C23H30N4O3. The van der Waals surface area contributed by atoms with Crippen LogP contribution in [0.15, 0.2) is 48.5 Å². The van der Waals surface area contributed by atoms with Crippen molar-refractivity contribution in [2.75, 3.05) is 44.8 Å². The molecule has 160 valence electrons. The van der Waals surface area contributed by atoms with E-state index in [2.05, 4.69) is 40.0 Å². The highest BCUT2D eigenvalue weighted by Crippen LogP contribution is 2.26. The third-order valence-electron chi connectivity index (χ3n) is 5.82. The van der Waals surface area contributed by atoms with Gasteiger partial charge in [0.15, 0.2) is 0 Å². The second-order valence-electron chi connectivity index (χ2n) is 7.64. The van der Waals surface area contributed by atoms with Gasteiger partial charge in [0.25, 0.3) is 0 Å². The van der Waals surface area contributed by atoms with E-state index in [1.54, 1.807) is 7.11 Å². The third-order valence-corrected chi connectivity index (χ3v) is 5.82. The predicted molar refractivity (Wildman–Crippen MR) is 117 cm³/mol. The number of nitrogens with one attached hydrogen (secondary N) is 2. The molecule has 2 aromatic carbocycles. The van der Waals surface area contributed by atoms with Crippen molar-refractivity contribution in [2.24, 2.45) is 0 Å². The molecule has 0 aliphatic carbocycles. The van der Waals surface area contributed by atoms with E-state index in [-0.39, 0.29) is 18.0 Å². The number of hydrazine groups is 1. The molecule has 0 spiro atoms. The van der Waals surface area contributed by atoms with E-state index in [0.29, 0.717) is 6.61 Å². The van der Waals surface area contributed by atoms with Crippen LogP contribution in [-0.2, 0) is 4.79 Å². The Labute approximate surface area is 177 Å². The van der Waals surface area contributed by atoms with Crippen LogP contribution in [0, 0.1) is 0 Å². The summed E-state index contributed by atoms with van der Waals surface area (Å²) in [5.41, 5.74) is 8.80. The highest BCUT2D eigenvalue weighted by Gasteiger charge is 2.34. The van der Waals surface area contributed by atoms with E-state index in [1.165, 1.54) is 5.69 Å². The average molecular weight is 411 g/mol. The number of benzene rings is 2. The third kappa shape index (κ3) is 4.52. The Kier molecular flexibility index (Phi) is 6.40. The van der Waals surface area contributed by atoms with Gasteiger partial charge in [-0.05, 0) is 55.3 Å². The molecule has 7 heteroatoms. The van der Waals surface area contributed by atoms with Crippen LogP contribution < -0.4 is 25.2 Å². The van der Waals surface area contributed by atoms with Crippen LogP contribution in [-0.4, -0.2) is 56.7 Å². The number of rotatable bonds is 6. The number of hydrogen-bond donors (Lipinski definition) is 2. The van der Waals surface area contributed by atoms with Crippen molar-refractivity contribution >= 4 is 11.6 Å². The number of ether oxygens (including phenoxy) is 2. The van der Waals surface area contributed by atoms with E-state index in [1.807, 2.05) is 36.1 Å². The van der Waals surface area contributed by atoms with Gasteiger partial charge in [-0.1, -0.05) is 12.1 Å². The zero-order valence-electron chi connectivity index (χ0n) is 17.6. The Morgan fingerprint density at radius 2 is 1.63 bits per heavy atom. The Bertz CT molecular complexity index is 833. The lowest BCUT2D eigenvalue weighted by molar-refractivity contribution is -0.133. The van der Waals surface area contributed by atoms with E-state index in [4.69, 9.17) is 9.47 Å². The van der Waals surface area contributed by atoms with Crippen molar-refractivity contribution in [3.63, 3.8) is 0 Å². The maximum atomic E-state index is 13.0. The van der Waals surface area contributed by atoms with Crippen LogP contribution in [0.1, 0.15) is 24.9 Å². The fourth-order valence-electron chi connectivity index (χ4n) is 4.10. The highest BCUT2D eigenvalue weighted by molar-refractivity contribution is 5.82. The van der Waals surface area contributed by atoms with Crippen molar-refractivity contribution in [2.45, 2.75) is 25.4 Å². The van der Waals surface area contributed by atoms with Crippen molar-refractivity contribution in [1.29, 1.82) is 0 Å². The first-order valence-corrected chi connectivity index (χ1v) is 10.6. The summed E-state index contributed by atoms with van der Waals surface area (Å²) >= 11 is 0. The molecule has 1 amide bonds. The van der Waals surface area contributed by atoms with E-state index < -0.39 is 0 Å². The zero-order valence-corrected chi connectivity index (χ0v) is 17.6. The van der Waals surface area contributed by atoms with Gasteiger partial charge >= 0.3 is 0 Å². The van der Waals surface area contributed by atoms with Crippen molar-refractivity contribution in [3.05, 3.63) is 54.1 Å². The molecule has 2 aliphatic heterocycles. The van der Waals surface area contributed by atoms with Gasteiger partial charge in [-0.15, -0.1) is 0 Å². The number of nitrogens with zero attached hydrogens (tertiary/aromatic N) is 2. The Morgan fingerprint density at radius 3 is 2.27 bits per heavy atom. The monoisotopic (exact) mass is 410 g/mol. The summed E-state index contributed by atoms with van der Waals surface area (Å²) in [5, 5.41) is 0. The first kappa shape index (κ1) is 20.5. The predicted octanol–water partition coefficient (Wildman–Crippen LogP) is 2.35. The maximum Gasteiger partial charge on any atom is 0.241 e. The van der Waals surface area contributed by atoms with Gasteiger partial charge in [-0.3, -0.25) is 4.79 Å². The summed E-state index contributed by atoms with van der Waals surface area (Å²) in [6.07, 6.45) is 0.742. The molecule has 30 heavy (non-hydrogen) atoms. The molecule has 4 rings (SSSR count). The molecule has 7 nitrogen and oxygen atoms in total. The van der Waals surface area contributed by atoms with Gasteiger partial charge in [0.05, 0.1) is 13.7 Å². The second-order valence-corrected chi connectivity index (χ2v) is 7.64. The van der Waals surface area contributed by atoms with Crippen molar-refractivity contribution in [1.82, 2.24) is 15.8 Å². The lowest BCUT2D eigenvalue weighted by atomic mass is 10.0. The molecule has 0 saturated carbocycles. The number of piperazine rings is 1. The average Bonchev–Trinajstić information content (AvgIpc) is 3.30. The lowest BCUT2D eigenvalue weighted by Crippen LogP contribution is -2.53. The first-order valence-electron chi connectivity index (χ1n) is 10.6. The number of amides is 1. The summed E-state index contributed by atoms with van der Waals surface area (Å²) in [5.74, 6) is 1.90. The fourth-order valence-corrected chi connectivity index (χ4v) is 4.10. The zero-order chi connectivity index (χ0) is 20.9. The molecule has 2 fully saturated rings. The Hall–Kier alpha value is -2.77. The minimum atomic E-state index is -0.200. The minimum absolute atomic E-state index is 0.121. The van der Waals surface area contributed by atoms with Gasteiger partial charge in [0, 0.05) is 37.9 Å². The highest BCUT2D eigenvalue weighted by atomic mass is 16.5. The van der Waals surface area contributed by atoms with Crippen LogP contribution in [0.2, 0.25) is 0 Å². The second kappa shape index (κ2) is 9.36. The SMILES string of the molecule is CCOc1ccc(C2CC(C(=O)N3CCN(c4ccc(OC)cc4)CC3)NN2)cc1. The summed E-state index contributed by atoms with van der Waals surface area (Å²) in [6, 6.07) is 16.1. The fraction of sp³-hybridized carbons (Fsp3) is 0.435. The van der Waals surface area contributed by atoms with Crippen LogP contribution in [0.25, 0.3) is 0 Å². The van der Waals surface area contributed by atoms with Crippen molar-refractivity contribution < 1.29 is 14.3 Å². The van der Waals surface area contributed by atoms with E-state index >= 15 is 0 Å². The number of hydrogen-bond acceptors (Lipinski definition) is 6. The number of carbonyl (C=O) groups is 1. The first-order chi connectivity index (χ1) is 14.7. The molecule has 2 aliphatic rings. The molecule has 2 unspecified atom stereocenters. The molecule has 0 radical (unpaired) electrons. The standard InChI is InChI=1S/C23H30N4O3/c1-3-30-20-8-4-17(5-9-20)21-16-22(25-24-21)23(28)27-14-12-26(13-15-27)18-6-10-19(29-2)11-7-18/h4-11,21-22,24-25H,3,12-16H2,1-2H3. The summed E-state index contributed by atoms with van der Waals surface area (Å²) in [6.45, 7) is 5.77. The molecule has 0 bridgehead atoms. The van der Waals surface area contributed by atoms with Crippen LogP contribution in [0.5, 0.6) is 11.5 Å². The van der Waals surface area contributed by atoms with Crippen LogP contribution in [0.3, 0.4) is 0 Å². The van der Waals surface area contributed by atoms with Crippen molar-refractivity contribution in [3.8, 4) is 11.5 Å². The summed E-state index contributed by atoms with van der Waals surface area (Å²) in [7, 11) is 1.67. The lowest BCUT2D eigenvalue weighted by Gasteiger charge is -2.37. The van der Waals surface area contributed by atoms with E-state index in [9.17, 15) is 4.79 Å². The Balaban J connectivity index is 1.29. The van der Waals surface area contributed by atoms with Gasteiger partial charge < -0.3 is 19.3 Å². The molecule has 2 N–H and O–H groups in total.